The molecule has 1 amide bonds. The van der Waals surface area contributed by atoms with Crippen molar-refractivity contribution in [2.45, 2.75) is 38.1 Å². The number of rotatable bonds is 8. The maximum atomic E-state index is 11.4. The summed E-state index contributed by atoms with van der Waals surface area (Å²) in [5.41, 5.74) is 4.83. The lowest BCUT2D eigenvalue weighted by molar-refractivity contribution is -0.123. The first-order valence-electron chi connectivity index (χ1n) is 7.23. The van der Waals surface area contributed by atoms with E-state index < -0.39 is 5.54 Å². The molecule has 1 heterocycles. The van der Waals surface area contributed by atoms with Crippen LogP contribution in [0.15, 0.2) is 0 Å². The predicted molar refractivity (Wildman–Crippen MR) is 76.9 cm³/mol. The number of amides is 1. The van der Waals surface area contributed by atoms with E-state index in [9.17, 15) is 4.79 Å². The summed E-state index contributed by atoms with van der Waals surface area (Å²) in [7, 11) is 3.92. The second kappa shape index (κ2) is 7.82. The van der Waals surface area contributed by atoms with Crippen molar-refractivity contribution in [2.75, 3.05) is 40.4 Å². The van der Waals surface area contributed by atoms with E-state index in [1.165, 1.54) is 12.8 Å². The third kappa shape index (κ3) is 5.47. The van der Waals surface area contributed by atoms with Gasteiger partial charge in [0.1, 0.15) is 0 Å². The first-order chi connectivity index (χ1) is 8.98. The number of carbonyl (C=O) groups is 1. The van der Waals surface area contributed by atoms with Gasteiger partial charge in [-0.2, -0.15) is 0 Å². The molecule has 19 heavy (non-hydrogen) atoms. The first-order valence-corrected chi connectivity index (χ1v) is 7.23. The normalized spacial score (nSPS) is 23.3. The van der Waals surface area contributed by atoms with Gasteiger partial charge >= 0.3 is 0 Å². The van der Waals surface area contributed by atoms with Gasteiger partial charge in [-0.05, 0) is 59.2 Å². The van der Waals surface area contributed by atoms with Gasteiger partial charge in [-0.1, -0.05) is 0 Å². The number of hydrogen-bond acceptors (Lipinski definition) is 4. The molecule has 2 atom stereocenters. The van der Waals surface area contributed by atoms with Crippen LogP contribution in [0.25, 0.3) is 0 Å². The standard InChI is InChI=1S/C14H29N3O2/c1-14(16-2,13(15)18)7-5-8-17(3)10-12-6-4-9-19-11-12/h12,16H,4-11H2,1-3H3,(H2,15,18). The van der Waals surface area contributed by atoms with Gasteiger partial charge in [-0.25, -0.2) is 0 Å². The number of carbonyl (C=O) groups excluding carboxylic acids is 1. The molecular formula is C14H29N3O2. The Morgan fingerprint density at radius 2 is 2.32 bits per heavy atom. The van der Waals surface area contributed by atoms with Crippen molar-refractivity contribution in [3.05, 3.63) is 0 Å². The second-order valence-corrected chi connectivity index (χ2v) is 5.90. The Morgan fingerprint density at radius 1 is 1.58 bits per heavy atom. The van der Waals surface area contributed by atoms with E-state index >= 15 is 0 Å². The highest BCUT2D eigenvalue weighted by atomic mass is 16.5. The number of nitrogens with one attached hydrogen (secondary N) is 1. The van der Waals surface area contributed by atoms with Crippen LogP contribution in [0.5, 0.6) is 0 Å². The van der Waals surface area contributed by atoms with Crippen LogP contribution in [-0.4, -0.2) is 56.7 Å². The molecule has 1 aliphatic rings. The van der Waals surface area contributed by atoms with Gasteiger partial charge in [-0.15, -0.1) is 0 Å². The molecule has 1 fully saturated rings. The number of likely N-dealkylation sites (N-methyl/N-ethyl adjacent to an activating group) is 1. The molecule has 0 saturated carbocycles. The Kier molecular flexibility index (Phi) is 6.75. The van der Waals surface area contributed by atoms with Crippen LogP contribution in [0.4, 0.5) is 0 Å². The minimum atomic E-state index is -0.589. The highest BCUT2D eigenvalue weighted by Gasteiger charge is 2.28. The van der Waals surface area contributed by atoms with E-state index in [1.54, 1.807) is 7.05 Å². The molecule has 0 aliphatic carbocycles. The van der Waals surface area contributed by atoms with Gasteiger partial charge in [0.25, 0.3) is 0 Å². The molecular weight excluding hydrogens is 242 g/mol. The Hall–Kier alpha value is -0.650. The molecule has 1 aliphatic heterocycles. The molecule has 1 saturated heterocycles. The highest BCUT2D eigenvalue weighted by molar-refractivity contribution is 5.84. The number of nitrogens with two attached hydrogens (primary N) is 1. The summed E-state index contributed by atoms with van der Waals surface area (Å²) < 4.78 is 5.49. The van der Waals surface area contributed by atoms with Gasteiger partial charge < -0.3 is 20.7 Å². The molecule has 0 aromatic carbocycles. The second-order valence-electron chi connectivity index (χ2n) is 5.90. The van der Waals surface area contributed by atoms with Crippen molar-refractivity contribution in [2.24, 2.45) is 11.7 Å². The zero-order chi connectivity index (χ0) is 14.3. The Morgan fingerprint density at radius 3 is 2.84 bits per heavy atom. The van der Waals surface area contributed by atoms with E-state index in [4.69, 9.17) is 10.5 Å². The average molecular weight is 271 g/mol. The molecule has 0 aromatic rings. The highest BCUT2D eigenvalue weighted by Crippen LogP contribution is 2.16. The monoisotopic (exact) mass is 271 g/mol. The molecule has 0 spiro atoms. The van der Waals surface area contributed by atoms with Crippen molar-refractivity contribution < 1.29 is 9.53 Å². The minimum absolute atomic E-state index is 0.279. The third-order valence-electron chi connectivity index (χ3n) is 4.14. The quantitative estimate of drug-likeness (QED) is 0.678. The fourth-order valence-electron chi connectivity index (χ4n) is 2.56. The summed E-state index contributed by atoms with van der Waals surface area (Å²) in [5.74, 6) is 0.379. The van der Waals surface area contributed by atoms with Crippen LogP contribution in [0, 0.1) is 5.92 Å². The van der Waals surface area contributed by atoms with Gasteiger partial charge in [-0.3, -0.25) is 4.79 Å². The lowest BCUT2D eigenvalue weighted by atomic mass is 9.95. The van der Waals surface area contributed by atoms with Crippen molar-refractivity contribution in [1.29, 1.82) is 0 Å². The van der Waals surface area contributed by atoms with E-state index in [0.717, 1.165) is 39.1 Å². The maximum absolute atomic E-state index is 11.4. The summed E-state index contributed by atoms with van der Waals surface area (Å²) in [6.07, 6.45) is 4.17. The van der Waals surface area contributed by atoms with Gasteiger partial charge in [0.05, 0.1) is 12.1 Å². The van der Waals surface area contributed by atoms with E-state index in [1.807, 2.05) is 6.92 Å². The number of primary amides is 1. The third-order valence-corrected chi connectivity index (χ3v) is 4.14. The summed E-state index contributed by atoms with van der Waals surface area (Å²) in [4.78, 5) is 13.7. The molecule has 5 nitrogen and oxygen atoms in total. The van der Waals surface area contributed by atoms with Crippen LogP contribution in [0.3, 0.4) is 0 Å². The van der Waals surface area contributed by atoms with Crippen molar-refractivity contribution in [3.63, 3.8) is 0 Å². The van der Waals surface area contributed by atoms with Crippen LogP contribution in [0.2, 0.25) is 0 Å². The van der Waals surface area contributed by atoms with Gasteiger partial charge in [0.15, 0.2) is 0 Å². The van der Waals surface area contributed by atoms with Crippen LogP contribution >= 0.6 is 0 Å². The zero-order valence-corrected chi connectivity index (χ0v) is 12.6. The average Bonchev–Trinajstić information content (AvgIpc) is 2.39. The lowest BCUT2D eigenvalue weighted by Gasteiger charge is -2.29. The van der Waals surface area contributed by atoms with Crippen molar-refractivity contribution in [3.8, 4) is 0 Å². The Labute approximate surface area is 116 Å². The van der Waals surface area contributed by atoms with E-state index in [-0.39, 0.29) is 5.91 Å². The van der Waals surface area contributed by atoms with Crippen LogP contribution in [-0.2, 0) is 9.53 Å². The maximum Gasteiger partial charge on any atom is 0.237 e. The summed E-state index contributed by atoms with van der Waals surface area (Å²) in [5, 5.41) is 3.02. The summed E-state index contributed by atoms with van der Waals surface area (Å²) >= 11 is 0. The number of ether oxygens (including phenoxy) is 1. The van der Waals surface area contributed by atoms with E-state index in [2.05, 4.69) is 17.3 Å². The summed E-state index contributed by atoms with van der Waals surface area (Å²) in [6, 6.07) is 0. The molecule has 2 unspecified atom stereocenters. The topological polar surface area (TPSA) is 67.6 Å². The molecule has 0 bridgehead atoms. The summed E-state index contributed by atoms with van der Waals surface area (Å²) in [6.45, 7) is 5.73. The number of nitrogens with zero attached hydrogens (tertiary/aromatic N) is 1. The SMILES string of the molecule is CNC(C)(CCCN(C)CC1CCCOC1)C(N)=O. The van der Waals surface area contributed by atoms with E-state index in [0.29, 0.717) is 5.92 Å². The number of hydrogen-bond donors (Lipinski definition) is 2. The van der Waals surface area contributed by atoms with Crippen molar-refractivity contribution in [1.82, 2.24) is 10.2 Å². The smallest absolute Gasteiger partial charge is 0.237 e. The molecule has 0 aromatic heterocycles. The first kappa shape index (κ1) is 16.4. The Balaban J connectivity index is 2.22. The molecule has 1 rings (SSSR count). The molecule has 3 N–H and O–H groups in total. The fourth-order valence-corrected chi connectivity index (χ4v) is 2.56. The molecule has 112 valence electrons. The zero-order valence-electron chi connectivity index (χ0n) is 12.6. The molecule has 5 heteroatoms. The predicted octanol–water partition coefficient (Wildman–Crippen LogP) is 0.588. The van der Waals surface area contributed by atoms with Crippen LogP contribution < -0.4 is 11.1 Å². The minimum Gasteiger partial charge on any atom is -0.381 e. The van der Waals surface area contributed by atoms with Crippen LogP contribution in [0.1, 0.15) is 32.6 Å². The van der Waals surface area contributed by atoms with Crippen molar-refractivity contribution >= 4 is 5.91 Å². The largest absolute Gasteiger partial charge is 0.381 e. The van der Waals surface area contributed by atoms with Gasteiger partial charge in [0, 0.05) is 13.2 Å². The Bertz CT molecular complexity index is 280. The molecule has 0 radical (unpaired) electrons. The fraction of sp³-hybridized carbons (Fsp3) is 0.929. The lowest BCUT2D eigenvalue weighted by Crippen LogP contribution is -2.51. The van der Waals surface area contributed by atoms with Gasteiger partial charge in [0.2, 0.25) is 5.91 Å².